The number of Topliss-reactive ketones (excluding diaryl/α,β-unsaturated/α-hetero) is 1. The van der Waals surface area contributed by atoms with Gasteiger partial charge in [0.15, 0.2) is 5.78 Å². The van der Waals surface area contributed by atoms with Gasteiger partial charge in [0.1, 0.15) is 0 Å². The highest BCUT2D eigenvalue weighted by Crippen LogP contribution is 2.26. The first-order valence-corrected chi connectivity index (χ1v) is 5.37. The number of rotatable bonds is 4. The van der Waals surface area contributed by atoms with Crippen molar-refractivity contribution in [3.05, 3.63) is 0 Å². The first-order chi connectivity index (χ1) is 6.65. The zero-order valence-electron chi connectivity index (χ0n) is 9.18. The number of hydrogen-bond donors (Lipinski definition) is 0. The Kier molecular flexibility index (Phi) is 3.71. The Labute approximate surface area is 86.7 Å². The summed E-state index contributed by atoms with van der Waals surface area (Å²) in [5.74, 6) is 2.65. The summed E-state index contributed by atoms with van der Waals surface area (Å²) in [5, 5.41) is 0. The fourth-order valence-corrected chi connectivity index (χ4v) is 2.09. The zero-order chi connectivity index (χ0) is 10.6. The fourth-order valence-electron chi connectivity index (χ4n) is 2.09. The van der Waals surface area contributed by atoms with Gasteiger partial charge in [-0.2, -0.15) is 0 Å². The van der Waals surface area contributed by atoms with Crippen LogP contribution in [0.3, 0.4) is 0 Å². The number of likely N-dealkylation sites (tertiary alicyclic amines) is 1. The second kappa shape index (κ2) is 4.61. The van der Waals surface area contributed by atoms with Crippen molar-refractivity contribution in [2.75, 3.05) is 13.1 Å². The molecule has 0 aromatic rings. The molecule has 1 fully saturated rings. The summed E-state index contributed by atoms with van der Waals surface area (Å²) in [4.78, 5) is 14.2. The molecule has 14 heavy (non-hydrogen) atoms. The highest BCUT2D eigenvalue weighted by atomic mass is 16.1. The third kappa shape index (κ3) is 1.99. The lowest BCUT2D eigenvalue weighted by atomic mass is 9.89. The third-order valence-corrected chi connectivity index (χ3v) is 3.36. The monoisotopic (exact) mass is 193 g/mol. The van der Waals surface area contributed by atoms with Crippen LogP contribution in [0.1, 0.15) is 39.5 Å². The summed E-state index contributed by atoms with van der Waals surface area (Å²) in [6, 6.07) is 0. The summed E-state index contributed by atoms with van der Waals surface area (Å²) in [5.41, 5.74) is -0.317. The van der Waals surface area contributed by atoms with Crippen LogP contribution in [0.25, 0.3) is 0 Å². The molecule has 1 atom stereocenters. The normalized spacial score (nSPS) is 21.5. The van der Waals surface area contributed by atoms with Gasteiger partial charge in [-0.15, -0.1) is 6.42 Å². The predicted octanol–water partition coefficient (Wildman–Crippen LogP) is 1.84. The van der Waals surface area contributed by atoms with Gasteiger partial charge in [-0.3, -0.25) is 9.69 Å². The van der Waals surface area contributed by atoms with Crippen LogP contribution < -0.4 is 0 Å². The topological polar surface area (TPSA) is 20.3 Å². The van der Waals surface area contributed by atoms with Crippen molar-refractivity contribution < 1.29 is 4.79 Å². The Balaban J connectivity index is 2.74. The molecule has 1 rings (SSSR count). The van der Waals surface area contributed by atoms with Crippen LogP contribution in [0.5, 0.6) is 0 Å². The van der Waals surface area contributed by atoms with E-state index in [1.54, 1.807) is 0 Å². The van der Waals surface area contributed by atoms with Gasteiger partial charge in [0.05, 0.1) is 12.0 Å². The van der Waals surface area contributed by atoms with Gasteiger partial charge >= 0.3 is 0 Å². The molecule has 0 spiro atoms. The first-order valence-electron chi connectivity index (χ1n) is 5.37. The molecule has 2 heteroatoms. The molecule has 1 aliphatic rings. The van der Waals surface area contributed by atoms with E-state index in [9.17, 15) is 4.79 Å². The zero-order valence-corrected chi connectivity index (χ0v) is 9.18. The van der Waals surface area contributed by atoms with Gasteiger partial charge < -0.3 is 0 Å². The molecule has 0 saturated carbocycles. The highest BCUT2D eigenvalue weighted by Gasteiger charge is 2.37. The number of hydrogen-bond acceptors (Lipinski definition) is 2. The molecule has 1 heterocycles. The summed E-state index contributed by atoms with van der Waals surface area (Å²) < 4.78 is 0. The van der Waals surface area contributed by atoms with E-state index in [4.69, 9.17) is 6.42 Å². The van der Waals surface area contributed by atoms with Gasteiger partial charge in [0.25, 0.3) is 0 Å². The third-order valence-electron chi connectivity index (χ3n) is 3.36. The highest BCUT2D eigenvalue weighted by molar-refractivity contribution is 5.89. The molecular formula is C12H19NO. The molecule has 1 unspecified atom stereocenters. The average Bonchev–Trinajstić information content (AvgIpc) is 2.70. The molecular weight excluding hydrogens is 174 g/mol. The maximum Gasteiger partial charge on any atom is 0.164 e. The van der Waals surface area contributed by atoms with Crippen LogP contribution in [0.4, 0.5) is 0 Å². The van der Waals surface area contributed by atoms with E-state index in [2.05, 4.69) is 17.7 Å². The number of ketones is 1. The molecule has 1 aliphatic heterocycles. The molecule has 0 radical (unpaired) electrons. The second-order valence-corrected chi connectivity index (χ2v) is 4.13. The van der Waals surface area contributed by atoms with E-state index in [1.165, 1.54) is 12.8 Å². The van der Waals surface area contributed by atoms with Crippen LogP contribution in [0.15, 0.2) is 0 Å². The SMILES string of the molecule is C#CCC(=O)C(C)(CC)N1CCCC1. The Morgan fingerprint density at radius 2 is 2.07 bits per heavy atom. The maximum atomic E-state index is 11.9. The largest absolute Gasteiger partial charge is 0.297 e. The van der Waals surface area contributed by atoms with E-state index in [0.717, 1.165) is 19.5 Å². The molecule has 2 nitrogen and oxygen atoms in total. The van der Waals surface area contributed by atoms with E-state index in [1.807, 2.05) is 6.92 Å². The Morgan fingerprint density at radius 3 is 2.50 bits per heavy atom. The number of carbonyl (C=O) groups excluding carboxylic acids is 1. The molecule has 0 aliphatic carbocycles. The summed E-state index contributed by atoms with van der Waals surface area (Å²) in [6.45, 7) is 6.17. The van der Waals surface area contributed by atoms with Crippen LogP contribution in [-0.2, 0) is 4.79 Å². The quantitative estimate of drug-likeness (QED) is 0.635. The lowest BCUT2D eigenvalue weighted by Gasteiger charge is -2.36. The minimum Gasteiger partial charge on any atom is -0.297 e. The van der Waals surface area contributed by atoms with E-state index < -0.39 is 0 Å². The number of nitrogens with zero attached hydrogens (tertiary/aromatic N) is 1. The molecule has 0 N–H and O–H groups in total. The molecule has 0 aromatic heterocycles. The van der Waals surface area contributed by atoms with E-state index in [0.29, 0.717) is 0 Å². The van der Waals surface area contributed by atoms with Crippen molar-refractivity contribution in [3.8, 4) is 12.3 Å². The Hall–Kier alpha value is -0.810. The smallest absolute Gasteiger partial charge is 0.164 e. The van der Waals surface area contributed by atoms with Crippen LogP contribution >= 0.6 is 0 Å². The van der Waals surface area contributed by atoms with Crippen molar-refractivity contribution in [1.82, 2.24) is 4.90 Å². The number of carbonyl (C=O) groups is 1. The van der Waals surface area contributed by atoms with Crippen molar-refractivity contribution in [3.63, 3.8) is 0 Å². The number of terminal acetylenes is 1. The molecule has 0 amide bonds. The summed E-state index contributed by atoms with van der Waals surface area (Å²) in [7, 11) is 0. The van der Waals surface area contributed by atoms with Crippen LogP contribution in [-0.4, -0.2) is 29.3 Å². The Bertz CT molecular complexity index is 248. The second-order valence-electron chi connectivity index (χ2n) is 4.13. The predicted molar refractivity (Wildman–Crippen MR) is 58.0 cm³/mol. The van der Waals surface area contributed by atoms with Crippen molar-refractivity contribution >= 4 is 5.78 Å². The molecule has 0 bridgehead atoms. The van der Waals surface area contributed by atoms with E-state index in [-0.39, 0.29) is 17.7 Å². The first kappa shape index (κ1) is 11.3. The average molecular weight is 193 g/mol. The van der Waals surface area contributed by atoms with Gasteiger partial charge in [-0.25, -0.2) is 0 Å². The Morgan fingerprint density at radius 1 is 1.50 bits per heavy atom. The summed E-state index contributed by atoms with van der Waals surface area (Å²) in [6.07, 6.45) is 8.72. The van der Waals surface area contributed by atoms with E-state index >= 15 is 0 Å². The molecule has 78 valence electrons. The molecule has 1 saturated heterocycles. The van der Waals surface area contributed by atoms with Crippen molar-refractivity contribution in [2.45, 2.75) is 45.1 Å². The molecule has 0 aromatic carbocycles. The van der Waals surface area contributed by atoms with Crippen molar-refractivity contribution in [1.29, 1.82) is 0 Å². The van der Waals surface area contributed by atoms with Gasteiger partial charge in [-0.05, 0) is 39.3 Å². The summed E-state index contributed by atoms with van der Waals surface area (Å²) >= 11 is 0. The minimum atomic E-state index is -0.317. The van der Waals surface area contributed by atoms with Crippen LogP contribution in [0.2, 0.25) is 0 Å². The fraction of sp³-hybridized carbons (Fsp3) is 0.750. The van der Waals surface area contributed by atoms with Crippen molar-refractivity contribution in [2.24, 2.45) is 0 Å². The lowest BCUT2D eigenvalue weighted by Crippen LogP contribution is -2.50. The van der Waals surface area contributed by atoms with Gasteiger partial charge in [0, 0.05) is 0 Å². The van der Waals surface area contributed by atoms with Crippen LogP contribution in [0, 0.1) is 12.3 Å². The lowest BCUT2D eigenvalue weighted by molar-refractivity contribution is -0.129. The van der Waals surface area contributed by atoms with Gasteiger partial charge in [0.2, 0.25) is 0 Å². The minimum absolute atomic E-state index is 0.199. The standard InChI is InChI=1S/C12H19NO/c1-4-8-11(14)12(3,5-2)13-9-6-7-10-13/h1H,5-10H2,2-3H3. The maximum absolute atomic E-state index is 11.9. The van der Waals surface area contributed by atoms with Gasteiger partial charge in [-0.1, -0.05) is 12.8 Å².